The third-order valence-corrected chi connectivity index (χ3v) is 3.43. The third kappa shape index (κ3) is 2.60. The molecule has 20 heavy (non-hydrogen) atoms. The minimum Gasteiger partial charge on any atom is -0.505 e. The van der Waals surface area contributed by atoms with Gasteiger partial charge < -0.3 is 10.2 Å². The van der Waals surface area contributed by atoms with Crippen LogP contribution in [-0.4, -0.2) is 34.1 Å². The Morgan fingerprint density at radius 3 is 2.65 bits per heavy atom. The maximum absolute atomic E-state index is 11.4. The highest BCUT2D eigenvalue weighted by Crippen LogP contribution is 2.33. The molecule has 0 saturated carbocycles. The number of aromatic nitrogens is 1. The highest BCUT2D eigenvalue weighted by molar-refractivity contribution is 7.86. The standard InChI is InChI=1S/C12H9NO6S/c14-10(15)4-3-7-6-9(20(17,18)19)8-2-1-5-13-11(8)12(7)16/h1-6,16H,(H,14,15)(H,17,18,19)/b4-3+. The highest BCUT2D eigenvalue weighted by Gasteiger charge is 2.19. The number of nitrogens with zero attached hydrogens (tertiary/aromatic N) is 1. The summed E-state index contributed by atoms with van der Waals surface area (Å²) in [5.41, 5.74) is -0.126. The Labute approximate surface area is 113 Å². The summed E-state index contributed by atoms with van der Waals surface area (Å²) in [7, 11) is -4.54. The first-order chi connectivity index (χ1) is 9.30. The van der Waals surface area contributed by atoms with E-state index in [4.69, 9.17) is 5.11 Å². The van der Waals surface area contributed by atoms with Gasteiger partial charge in [0.1, 0.15) is 16.2 Å². The van der Waals surface area contributed by atoms with E-state index in [2.05, 4.69) is 4.98 Å². The summed E-state index contributed by atoms with van der Waals surface area (Å²) >= 11 is 0. The maximum Gasteiger partial charge on any atom is 0.328 e. The molecule has 3 N–H and O–H groups in total. The van der Waals surface area contributed by atoms with E-state index in [9.17, 15) is 22.9 Å². The van der Waals surface area contributed by atoms with E-state index in [1.807, 2.05) is 0 Å². The Hall–Kier alpha value is -2.45. The molecule has 2 rings (SSSR count). The number of hydrogen-bond donors (Lipinski definition) is 3. The van der Waals surface area contributed by atoms with Crippen LogP contribution in [0.5, 0.6) is 5.75 Å². The van der Waals surface area contributed by atoms with Crippen LogP contribution in [0.4, 0.5) is 0 Å². The van der Waals surface area contributed by atoms with Gasteiger partial charge in [-0.3, -0.25) is 9.54 Å². The molecule has 0 aliphatic heterocycles. The average Bonchev–Trinajstić information content (AvgIpc) is 2.36. The second-order valence-electron chi connectivity index (χ2n) is 3.86. The summed E-state index contributed by atoms with van der Waals surface area (Å²) in [6.07, 6.45) is 3.08. The highest BCUT2D eigenvalue weighted by atomic mass is 32.2. The number of aromatic hydroxyl groups is 1. The van der Waals surface area contributed by atoms with Crippen LogP contribution >= 0.6 is 0 Å². The van der Waals surface area contributed by atoms with Crippen LogP contribution < -0.4 is 0 Å². The smallest absolute Gasteiger partial charge is 0.328 e. The van der Waals surface area contributed by atoms with Gasteiger partial charge >= 0.3 is 5.97 Å². The normalized spacial score (nSPS) is 12.1. The lowest BCUT2D eigenvalue weighted by Crippen LogP contribution is -2.01. The molecule has 0 radical (unpaired) electrons. The number of carboxylic acid groups (broad SMARTS) is 1. The fourth-order valence-electron chi connectivity index (χ4n) is 1.72. The van der Waals surface area contributed by atoms with Crippen molar-refractivity contribution >= 4 is 33.1 Å². The molecule has 2 aromatic rings. The molecule has 0 bridgehead atoms. The number of fused-ring (bicyclic) bond motifs is 1. The molecule has 0 aliphatic rings. The monoisotopic (exact) mass is 295 g/mol. The van der Waals surface area contributed by atoms with Crippen molar-refractivity contribution in [3.05, 3.63) is 36.0 Å². The summed E-state index contributed by atoms with van der Waals surface area (Å²) in [5, 5.41) is 18.6. The van der Waals surface area contributed by atoms with E-state index in [1.54, 1.807) is 0 Å². The first-order valence-corrected chi connectivity index (χ1v) is 6.74. The maximum atomic E-state index is 11.4. The van der Waals surface area contributed by atoms with Crippen LogP contribution in [0.1, 0.15) is 5.56 Å². The molecule has 0 aliphatic carbocycles. The van der Waals surface area contributed by atoms with Gasteiger partial charge in [-0.15, -0.1) is 0 Å². The summed E-state index contributed by atoms with van der Waals surface area (Å²) in [4.78, 5) is 13.9. The number of phenols is 1. The van der Waals surface area contributed by atoms with Gasteiger partial charge in [0.05, 0.1) is 0 Å². The van der Waals surface area contributed by atoms with Crippen molar-refractivity contribution in [2.45, 2.75) is 4.90 Å². The molecule has 104 valence electrons. The van der Waals surface area contributed by atoms with Gasteiger partial charge in [0.25, 0.3) is 10.1 Å². The molecule has 0 unspecified atom stereocenters. The molecule has 0 spiro atoms. The molecule has 1 aromatic carbocycles. The Bertz CT molecular complexity index is 825. The Morgan fingerprint density at radius 1 is 1.35 bits per heavy atom. The van der Waals surface area contributed by atoms with Crippen molar-refractivity contribution in [3.63, 3.8) is 0 Å². The number of phenolic OH excluding ortho intramolecular Hbond substituents is 1. The summed E-state index contributed by atoms with van der Waals surface area (Å²) in [5.74, 6) is -1.63. The first kappa shape index (κ1) is 14.0. The van der Waals surface area contributed by atoms with E-state index in [0.717, 1.165) is 18.2 Å². The van der Waals surface area contributed by atoms with Crippen LogP contribution in [0, 0.1) is 0 Å². The van der Waals surface area contributed by atoms with Gasteiger partial charge in [0, 0.05) is 23.2 Å². The molecular formula is C12H9NO6S. The predicted molar refractivity (Wildman–Crippen MR) is 69.9 cm³/mol. The van der Waals surface area contributed by atoms with E-state index < -0.39 is 21.0 Å². The lowest BCUT2D eigenvalue weighted by Gasteiger charge is -2.08. The van der Waals surface area contributed by atoms with E-state index in [-0.39, 0.29) is 22.2 Å². The number of aliphatic carboxylic acids is 1. The van der Waals surface area contributed by atoms with E-state index in [0.29, 0.717) is 0 Å². The molecule has 0 fully saturated rings. The lowest BCUT2D eigenvalue weighted by molar-refractivity contribution is -0.131. The van der Waals surface area contributed by atoms with Crippen molar-refractivity contribution in [1.29, 1.82) is 0 Å². The number of carbonyl (C=O) groups is 1. The fraction of sp³-hybridized carbons (Fsp3) is 0. The second-order valence-corrected chi connectivity index (χ2v) is 5.25. The Balaban J connectivity index is 2.86. The molecule has 1 aromatic heterocycles. The van der Waals surface area contributed by atoms with Gasteiger partial charge in [-0.05, 0) is 24.3 Å². The molecule has 7 nitrogen and oxygen atoms in total. The van der Waals surface area contributed by atoms with Crippen molar-refractivity contribution in [2.24, 2.45) is 0 Å². The minimum atomic E-state index is -4.54. The predicted octanol–water partition coefficient (Wildman–Crippen LogP) is 1.28. The molecule has 0 amide bonds. The topological polar surface area (TPSA) is 125 Å². The number of benzene rings is 1. The van der Waals surface area contributed by atoms with Gasteiger partial charge in [0.15, 0.2) is 0 Å². The SMILES string of the molecule is O=C(O)/C=C/c1cc(S(=O)(=O)O)c2cccnc2c1O. The van der Waals surface area contributed by atoms with Gasteiger partial charge in [-0.2, -0.15) is 8.42 Å². The second kappa shape index (κ2) is 4.91. The van der Waals surface area contributed by atoms with Crippen molar-refractivity contribution in [3.8, 4) is 5.75 Å². The average molecular weight is 295 g/mol. The summed E-state index contributed by atoms with van der Waals surface area (Å²) in [6.45, 7) is 0. The molecule has 8 heteroatoms. The van der Waals surface area contributed by atoms with Gasteiger partial charge in [0.2, 0.25) is 0 Å². The Kier molecular flexibility index (Phi) is 3.43. The van der Waals surface area contributed by atoms with Crippen LogP contribution in [-0.2, 0) is 14.9 Å². The van der Waals surface area contributed by atoms with Gasteiger partial charge in [-0.1, -0.05) is 0 Å². The van der Waals surface area contributed by atoms with Crippen LogP contribution in [0.15, 0.2) is 35.4 Å². The molecule has 0 atom stereocenters. The van der Waals surface area contributed by atoms with Crippen LogP contribution in [0.3, 0.4) is 0 Å². The van der Waals surface area contributed by atoms with Crippen molar-refractivity contribution in [2.75, 3.05) is 0 Å². The zero-order valence-corrected chi connectivity index (χ0v) is 10.7. The molecule has 1 heterocycles. The van der Waals surface area contributed by atoms with Crippen LogP contribution in [0.25, 0.3) is 17.0 Å². The zero-order valence-electron chi connectivity index (χ0n) is 9.89. The quantitative estimate of drug-likeness (QED) is 0.575. The number of carboxylic acids is 1. The van der Waals surface area contributed by atoms with Gasteiger partial charge in [-0.25, -0.2) is 4.79 Å². The van der Waals surface area contributed by atoms with E-state index in [1.165, 1.54) is 18.3 Å². The zero-order chi connectivity index (χ0) is 14.9. The number of pyridine rings is 1. The van der Waals surface area contributed by atoms with Crippen molar-refractivity contribution < 1.29 is 28.0 Å². The third-order valence-electron chi connectivity index (χ3n) is 2.54. The molecular weight excluding hydrogens is 286 g/mol. The summed E-state index contributed by atoms with van der Waals surface area (Å²) in [6, 6.07) is 3.80. The van der Waals surface area contributed by atoms with Crippen molar-refractivity contribution in [1.82, 2.24) is 4.98 Å². The largest absolute Gasteiger partial charge is 0.505 e. The number of hydrogen-bond acceptors (Lipinski definition) is 5. The number of rotatable bonds is 3. The van der Waals surface area contributed by atoms with E-state index >= 15 is 0 Å². The first-order valence-electron chi connectivity index (χ1n) is 5.30. The molecule has 0 saturated heterocycles. The minimum absolute atomic E-state index is 0.0416. The summed E-state index contributed by atoms with van der Waals surface area (Å²) < 4.78 is 31.9. The fourth-order valence-corrected chi connectivity index (χ4v) is 2.44. The van der Waals surface area contributed by atoms with Crippen LogP contribution in [0.2, 0.25) is 0 Å². The Morgan fingerprint density at radius 2 is 2.05 bits per heavy atom. The lowest BCUT2D eigenvalue weighted by atomic mass is 10.1.